The summed E-state index contributed by atoms with van der Waals surface area (Å²) in [6, 6.07) is 0. The van der Waals surface area contributed by atoms with Gasteiger partial charge in [-0.05, 0) is 35.7 Å². The van der Waals surface area contributed by atoms with Gasteiger partial charge in [-0.1, -0.05) is 19.9 Å². The van der Waals surface area contributed by atoms with Crippen LogP contribution in [0.25, 0.3) is 0 Å². The van der Waals surface area contributed by atoms with E-state index in [9.17, 15) is 9.90 Å². The fraction of sp³-hybridized carbons (Fsp3) is 0.750. The van der Waals surface area contributed by atoms with E-state index in [2.05, 4.69) is 19.9 Å². The van der Waals surface area contributed by atoms with Crippen LogP contribution in [-0.2, 0) is 4.79 Å². The van der Waals surface area contributed by atoms with Crippen LogP contribution in [0, 0.1) is 17.3 Å². The van der Waals surface area contributed by atoms with E-state index in [1.165, 1.54) is 0 Å². The molecule has 0 aromatic heterocycles. The quantitative estimate of drug-likeness (QED) is 0.698. The van der Waals surface area contributed by atoms with E-state index in [1.807, 2.05) is 0 Å². The summed E-state index contributed by atoms with van der Waals surface area (Å²) >= 11 is 0. The van der Waals surface area contributed by atoms with Crippen molar-refractivity contribution in [1.82, 2.24) is 0 Å². The van der Waals surface area contributed by atoms with E-state index in [1.54, 1.807) is 0 Å². The first-order valence-electron chi connectivity index (χ1n) is 5.52. The summed E-state index contributed by atoms with van der Waals surface area (Å²) in [6.45, 7) is 4.43. The molecular formula is C12H18O3. The zero-order valence-corrected chi connectivity index (χ0v) is 9.23. The van der Waals surface area contributed by atoms with Crippen molar-refractivity contribution in [3.63, 3.8) is 0 Å². The number of carbonyl (C=O) groups is 1. The van der Waals surface area contributed by atoms with Gasteiger partial charge in [0.2, 0.25) is 0 Å². The molecule has 84 valence electrons. The van der Waals surface area contributed by atoms with Crippen LogP contribution in [-0.4, -0.2) is 22.3 Å². The third-order valence-corrected chi connectivity index (χ3v) is 4.26. The normalized spacial score (nSPS) is 33.9. The van der Waals surface area contributed by atoms with Crippen molar-refractivity contribution in [3.8, 4) is 0 Å². The van der Waals surface area contributed by atoms with Gasteiger partial charge in [0, 0.05) is 0 Å². The molecule has 0 amide bonds. The summed E-state index contributed by atoms with van der Waals surface area (Å²) in [6.07, 6.45) is 3.22. The Labute approximate surface area is 89.8 Å². The molecule has 3 aliphatic carbocycles. The van der Waals surface area contributed by atoms with Crippen LogP contribution >= 0.6 is 0 Å². The molecule has 2 unspecified atom stereocenters. The van der Waals surface area contributed by atoms with E-state index in [4.69, 9.17) is 5.11 Å². The maximum absolute atomic E-state index is 10.5. The molecule has 0 aromatic rings. The number of aliphatic hydroxyl groups is 1. The minimum Gasteiger partial charge on any atom is -0.481 e. The number of allylic oxidation sites excluding steroid dienone is 1. The number of hydrogen-bond acceptors (Lipinski definition) is 2. The second-order valence-corrected chi connectivity index (χ2v) is 5.36. The Balaban J connectivity index is 2.11. The molecule has 3 rings (SSSR count). The molecule has 0 aromatic carbocycles. The molecule has 0 radical (unpaired) electrons. The Morgan fingerprint density at radius 1 is 1.67 bits per heavy atom. The lowest BCUT2D eigenvalue weighted by atomic mass is 9.48. The molecule has 3 nitrogen and oxygen atoms in total. The Morgan fingerprint density at radius 2 is 2.33 bits per heavy atom. The first-order chi connectivity index (χ1) is 6.93. The van der Waals surface area contributed by atoms with Gasteiger partial charge < -0.3 is 10.2 Å². The smallest absolute Gasteiger partial charge is 0.306 e. The summed E-state index contributed by atoms with van der Waals surface area (Å²) in [7, 11) is 0. The zero-order valence-electron chi connectivity index (χ0n) is 9.23. The van der Waals surface area contributed by atoms with Crippen LogP contribution < -0.4 is 0 Å². The average Bonchev–Trinajstić information content (AvgIpc) is 2.16. The minimum atomic E-state index is -0.928. The van der Waals surface area contributed by atoms with Crippen molar-refractivity contribution in [2.45, 2.75) is 39.2 Å². The molecule has 1 saturated carbocycles. The maximum atomic E-state index is 10.5. The average molecular weight is 210 g/mol. The van der Waals surface area contributed by atoms with E-state index >= 15 is 0 Å². The van der Waals surface area contributed by atoms with E-state index in [0.29, 0.717) is 5.92 Å². The van der Waals surface area contributed by atoms with Gasteiger partial charge in [-0.15, -0.1) is 0 Å². The van der Waals surface area contributed by atoms with Crippen molar-refractivity contribution in [1.29, 1.82) is 0 Å². The van der Waals surface area contributed by atoms with Crippen molar-refractivity contribution in [3.05, 3.63) is 11.6 Å². The van der Waals surface area contributed by atoms with Gasteiger partial charge in [0.15, 0.2) is 0 Å². The number of aliphatic hydroxyl groups excluding tert-OH is 1. The molecule has 2 bridgehead atoms. The first kappa shape index (κ1) is 10.7. The molecule has 0 spiro atoms. The van der Waals surface area contributed by atoms with Gasteiger partial charge >= 0.3 is 5.97 Å². The van der Waals surface area contributed by atoms with E-state index in [-0.39, 0.29) is 11.8 Å². The Bertz CT molecular complexity index is 317. The van der Waals surface area contributed by atoms with Gasteiger partial charge in [0.1, 0.15) is 0 Å². The molecule has 3 heteroatoms. The summed E-state index contributed by atoms with van der Waals surface area (Å²) < 4.78 is 0. The number of aliphatic carboxylic acids is 1. The van der Waals surface area contributed by atoms with Crippen LogP contribution in [0.5, 0.6) is 0 Å². The molecule has 0 saturated heterocycles. The van der Waals surface area contributed by atoms with E-state index in [0.717, 1.165) is 24.3 Å². The molecule has 3 atom stereocenters. The van der Waals surface area contributed by atoms with Crippen molar-refractivity contribution < 1.29 is 15.0 Å². The summed E-state index contributed by atoms with van der Waals surface area (Å²) in [5.41, 5.74) is 1.22. The highest BCUT2D eigenvalue weighted by Crippen LogP contribution is 2.59. The maximum Gasteiger partial charge on any atom is 0.306 e. The molecule has 0 aliphatic heterocycles. The number of carboxylic acid groups (broad SMARTS) is 1. The molecule has 1 fully saturated rings. The molecule has 15 heavy (non-hydrogen) atoms. The second-order valence-electron chi connectivity index (χ2n) is 5.36. The molecule has 0 heterocycles. The Kier molecular flexibility index (Phi) is 2.38. The van der Waals surface area contributed by atoms with Gasteiger partial charge in [-0.2, -0.15) is 0 Å². The second kappa shape index (κ2) is 3.34. The van der Waals surface area contributed by atoms with Crippen LogP contribution in [0.2, 0.25) is 0 Å². The fourth-order valence-corrected chi connectivity index (χ4v) is 3.05. The standard InChI is InChI=1S/C12H18O3/c1-12(2)7-3-4-8(9(12)5-7)10(13)6-11(14)15/h4,7,9-10,13H,3,5-6H2,1-2H3,(H,14,15)/t7?,9?,10-/m0/s1. The lowest BCUT2D eigenvalue weighted by molar-refractivity contribution is -0.139. The van der Waals surface area contributed by atoms with Gasteiger partial charge in [0.25, 0.3) is 0 Å². The van der Waals surface area contributed by atoms with Crippen LogP contribution in [0.3, 0.4) is 0 Å². The minimum absolute atomic E-state index is 0.164. The first-order valence-corrected chi connectivity index (χ1v) is 5.52. The van der Waals surface area contributed by atoms with Crippen LogP contribution in [0.15, 0.2) is 11.6 Å². The number of hydrogen-bond donors (Lipinski definition) is 2. The third kappa shape index (κ3) is 1.59. The van der Waals surface area contributed by atoms with Crippen molar-refractivity contribution in [2.75, 3.05) is 0 Å². The van der Waals surface area contributed by atoms with Crippen molar-refractivity contribution in [2.24, 2.45) is 17.3 Å². The zero-order chi connectivity index (χ0) is 11.2. The van der Waals surface area contributed by atoms with Gasteiger partial charge in [-0.25, -0.2) is 0 Å². The van der Waals surface area contributed by atoms with Crippen LogP contribution in [0.1, 0.15) is 33.1 Å². The molecular weight excluding hydrogens is 192 g/mol. The Morgan fingerprint density at radius 3 is 2.80 bits per heavy atom. The highest BCUT2D eigenvalue weighted by Gasteiger charge is 2.52. The highest BCUT2D eigenvalue weighted by molar-refractivity contribution is 5.68. The van der Waals surface area contributed by atoms with Crippen LogP contribution in [0.4, 0.5) is 0 Å². The summed E-state index contributed by atoms with van der Waals surface area (Å²) in [4.78, 5) is 10.5. The molecule has 2 N–H and O–H groups in total. The van der Waals surface area contributed by atoms with Crippen molar-refractivity contribution >= 4 is 5.97 Å². The largest absolute Gasteiger partial charge is 0.481 e. The predicted molar refractivity (Wildman–Crippen MR) is 56.3 cm³/mol. The monoisotopic (exact) mass is 210 g/mol. The number of carboxylic acids is 1. The predicted octanol–water partition coefficient (Wildman–Crippen LogP) is 1.81. The summed E-state index contributed by atoms with van der Waals surface area (Å²) in [5.74, 6) is 0.191. The lowest BCUT2D eigenvalue weighted by Gasteiger charge is -2.57. The van der Waals surface area contributed by atoms with Gasteiger partial charge in [-0.3, -0.25) is 4.79 Å². The Hall–Kier alpha value is -0.830. The molecule has 3 aliphatic rings. The van der Waals surface area contributed by atoms with Gasteiger partial charge in [0.05, 0.1) is 12.5 Å². The lowest BCUT2D eigenvalue weighted by Crippen LogP contribution is -2.50. The highest BCUT2D eigenvalue weighted by atomic mass is 16.4. The number of fused-ring (bicyclic) bond motifs is 1. The number of rotatable bonds is 3. The topological polar surface area (TPSA) is 57.5 Å². The third-order valence-electron chi connectivity index (χ3n) is 4.26. The fourth-order valence-electron chi connectivity index (χ4n) is 3.05. The summed E-state index contributed by atoms with van der Waals surface area (Å²) in [5, 5.41) is 18.5. The SMILES string of the molecule is CC1(C)C2CC=C([C@@H](O)CC(=O)O)C1C2. The van der Waals surface area contributed by atoms with E-state index < -0.39 is 12.1 Å².